The summed E-state index contributed by atoms with van der Waals surface area (Å²) >= 11 is 0. The van der Waals surface area contributed by atoms with Gasteiger partial charge in [-0.15, -0.1) is 0 Å². The van der Waals surface area contributed by atoms with E-state index in [1.807, 2.05) is 6.92 Å². The van der Waals surface area contributed by atoms with Gasteiger partial charge in [-0.25, -0.2) is 12.7 Å². The van der Waals surface area contributed by atoms with Crippen molar-refractivity contribution in [3.63, 3.8) is 0 Å². The molecule has 1 atom stereocenters. The third kappa shape index (κ3) is 3.90. The van der Waals surface area contributed by atoms with Gasteiger partial charge in [0.15, 0.2) is 0 Å². The highest BCUT2D eigenvalue weighted by molar-refractivity contribution is 7.88. The van der Waals surface area contributed by atoms with Gasteiger partial charge in [0, 0.05) is 32.5 Å². The summed E-state index contributed by atoms with van der Waals surface area (Å²) in [5.41, 5.74) is -0.634. The predicted octanol–water partition coefficient (Wildman–Crippen LogP) is 0.978. The lowest BCUT2D eigenvalue weighted by molar-refractivity contribution is -0.148. The van der Waals surface area contributed by atoms with E-state index in [0.717, 1.165) is 12.8 Å². The first-order chi connectivity index (χ1) is 8.82. The van der Waals surface area contributed by atoms with Crippen LogP contribution < -0.4 is 0 Å². The third-order valence-electron chi connectivity index (χ3n) is 4.24. The summed E-state index contributed by atoms with van der Waals surface area (Å²) in [6, 6.07) is 0. The van der Waals surface area contributed by atoms with Crippen molar-refractivity contribution in [2.75, 3.05) is 26.0 Å². The van der Waals surface area contributed by atoms with Gasteiger partial charge in [-0.05, 0) is 32.1 Å². The van der Waals surface area contributed by atoms with Gasteiger partial charge in [0.05, 0.1) is 18.0 Å². The molecule has 1 N–H and O–H groups in total. The fraction of sp³-hybridized carbons (Fsp3) is 1.00. The van der Waals surface area contributed by atoms with Gasteiger partial charge < -0.3 is 9.84 Å². The normalized spacial score (nSPS) is 37.0. The second-order valence-electron chi connectivity index (χ2n) is 6.04. The van der Waals surface area contributed by atoms with E-state index in [2.05, 4.69) is 0 Å². The zero-order valence-electron chi connectivity index (χ0n) is 11.8. The van der Waals surface area contributed by atoms with Crippen molar-refractivity contribution in [3.8, 4) is 0 Å². The smallest absolute Gasteiger partial charge is 0.211 e. The molecular formula is C13H25NO4S. The van der Waals surface area contributed by atoms with Crippen LogP contribution in [0.1, 0.15) is 39.0 Å². The maximum absolute atomic E-state index is 11.6. The van der Waals surface area contributed by atoms with Crippen molar-refractivity contribution in [1.29, 1.82) is 0 Å². The summed E-state index contributed by atoms with van der Waals surface area (Å²) < 4.78 is 30.1. The molecule has 1 unspecified atom stereocenters. The van der Waals surface area contributed by atoms with Crippen LogP contribution in [0.4, 0.5) is 0 Å². The first-order valence-electron chi connectivity index (χ1n) is 7.11. The van der Waals surface area contributed by atoms with Gasteiger partial charge >= 0.3 is 0 Å². The van der Waals surface area contributed by atoms with Crippen LogP contribution >= 0.6 is 0 Å². The minimum atomic E-state index is -3.10. The largest absolute Gasteiger partial charge is 0.390 e. The molecule has 1 heterocycles. The molecule has 0 spiro atoms. The van der Waals surface area contributed by atoms with Crippen LogP contribution in [-0.4, -0.2) is 55.5 Å². The molecule has 1 aliphatic heterocycles. The van der Waals surface area contributed by atoms with Gasteiger partial charge in [-0.3, -0.25) is 0 Å². The Kier molecular flexibility index (Phi) is 4.55. The molecule has 0 bridgehead atoms. The second kappa shape index (κ2) is 5.68. The molecule has 1 saturated carbocycles. The molecule has 0 aromatic carbocycles. The summed E-state index contributed by atoms with van der Waals surface area (Å²) in [4.78, 5) is 0. The van der Waals surface area contributed by atoms with Crippen LogP contribution in [0.5, 0.6) is 0 Å². The minimum absolute atomic E-state index is 0.185. The number of hydrogen-bond donors (Lipinski definition) is 1. The van der Waals surface area contributed by atoms with Crippen LogP contribution in [0.2, 0.25) is 0 Å². The van der Waals surface area contributed by atoms with Gasteiger partial charge in [-0.2, -0.15) is 0 Å². The molecule has 1 aliphatic carbocycles. The number of rotatable bonds is 5. The minimum Gasteiger partial charge on any atom is -0.390 e. The lowest BCUT2D eigenvalue weighted by Crippen LogP contribution is -2.51. The second-order valence-corrected chi connectivity index (χ2v) is 8.03. The number of ether oxygens (including phenoxy) is 1. The topological polar surface area (TPSA) is 66.8 Å². The Morgan fingerprint density at radius 2 is 2.11 bits per heavy atom. The van der Waals surface area contributed by atoms with E-state index in [1.165, 1.54) is 6.26 Å². The number of aliphatic hydroxyl groups is 1. The standard InChI is InChI=1S/C13H25NO4S/c1-3-18-12-8-13(15,9-12)7-11-5-4-6-14(10-11)19(2,16)17/h11-12,15H,3-10H2,1-2H3. The van der Waals surface area contributed by atoms with Crippen LogP contribution in [0.3, 0.4) is 0 Å². The lowest BCUT2D eigenvalue weighted by atomic mass is 9.71. The Bertz CT molecular complexity index is 403. The predicted molar refractivity (Wildman–Crippen MR) is 73.4 cm³/mol. The molecule has 0 aromatic rings. The average molecular weight is 291 g/mol. The first kappa shape index (κ1) is 15.2. The molecule has 0 amide bonds. The lowest BCUT2D eigenvalue weighted by Gasteiger charge is -2.46. The quantitative estimate of drug-likeness (QED) is 0.820. The third-order valence-corrected chi connectivity index (χ3v) is 5.51. The monoisotopic (exact) mass is 291 g/mol. The molecule has 1 saturated heterocycles. The van der Waals surface area contributed by atoms with Crippen molar-refractivity contribution in [3.05, 3.63) is 0 Å². The van der Waals surface area contributed by atoms with E-state index in [-0.39, 0.29) is 12.0 Å². The van der Waals surface area contributed by atoms with Gasteiger partial charge in [0.2, 0.25) is 10.0 Å². The fourth-order valence-electron chi connectivity index (χ4n) is 3.34. The van der Waals surface area contributed by atoms with Crippen LogP contribution in [0.25, 0.3) is 0 Å². The average Bonchev–Trinajstić information content (AvgIpc) is 2.26. The van der Waals surface area contributed by atoms with Crippen molar-refractivity contribution in [2.24, 2.45) is 5.92 Å². The van der Waals surface area contributed by atoms with E-state index >= 15 is 0 Å². The molecule has 6 heteroatoms. The molecule has 2 rings (SSSR count). The van der Waals surface area contributed by atoms with E-state index < -0.39 is 15.6 Å². The first-order valence-corrected chi connectivity index (χ1v) is 8.96. The highest BCUT2D eigenvalue weighted by Gasteiger charge is 2.45. The molecule has 2 fully saturated rings. The summed E-state index contributed by atoms with van der Waals surface area (Å²) in [7, 11) is -3.10. The summed E-state index contributed by atoms with van der Waals surface area (Å²) in [6.07, 6.45) is 5.42. The number of nitrogens with zero attached hydrogens (tertiary/aromatic N) is 1. The SMILES string of the molecule is CCOC1CC(O)(CC2CCCN(S(C)(=O)=O)C2)C1. The number of sulfonamides is 1. The van der Waals surface area contributed by atoms with E-state index in [1.54, 1.807) is 4.31 Å². The fourth-order valence-corrected chi connectivity index (χ4v) is 4.28. The molecule has 5 nitrogen and oxygen atoms in total. The van der Waals surface area contributed by atoms with Gasteiger partial charge in [0.25, 0.3) is 0 Å². The van der Waals surface area contributed by atoms with Gasteiger partial charge in [0.1, 0.15) is 0 Å². The van der Waals surface area contributed by atoms with Crippen molar-refractivity contribution < 1.29 is 18.3 Å². The zero-order valence-corrected chi connectivity index (χ0v) is 12.7. The molecule has 0 radical (unpaired) electrons. The van der Waals surface area contributed by atoms with Crippen LogP contribution in [0.15, 0.2) is 0 Å². The summed E-state index contributed by atoms with van der Waals surface area (Å²) in [5.74, 6) is 0.274. The van der Waals surface area contributed by atoms with E-state index in [9.17, 15) is 13.5 Å². The molecular weight excluding hydrogens is 266 g/mol. The molecule has 112 valence electrons. The Balaban J connectivity index is 1.83. The van der Waals surface area contributed by atoms with Crippen LogP contribution in [-0.2, 0) is 14.8 Å². The maximum Gasteiger partial charge on any atom is 0.211 e. The molecule has 19 heavy (non-hydrogen) atoms. The van der Waals surface area contributed by atoms with Crippen molar-refractivity contribution in [1.82, 2.24) is 4.31 Å². The van der Waals surface area contributed by atoms with Crippen molar-refractivity contribution in [2.45, 2.75) is 50.7 Å². The van der Waals surface area contributed by atoms with Crippen LogP contribution in [0, 0.1) is 5.92 Å². The summed E-state index contributed by atoms with van der Waals surface area (Å²) in [6.45, 7) is 3.82. The molecule has 0 aromatic heterocycles. The maximum atomic E-state index is 11.6. The number of piperidine rings is 1. The van der Waals surface area contributed by atoms with E-state index in [4.69, 9.17) is 4.74 Å². The Hall–Kier alpha value is -0.170. The van der Waals surface area contributed by atoms with E-state index in [0.29, 0.717) is 39.0 Å². The highest BCUT2D eigenvalue weighted by atomic mass is 32.2. The van der Waals surface area contributed by atoms with Crippen molar-refractivity contribution >= 4 is 10.0 Å². The molecule has 2 aliphatic rings. The Morgan fingerprint density at radius 3 is 2.68 bits per heavy atom. The number of hydrogen-bond acceptors (Lipinski definition) is 4. The highest BCUT2D eigenvalue weighted by Crippen LogP contribution is 2.41. The van der Waals surface area contributed by atoms with Gasteiger partial charge in [-0.1, -0.05) is 0 Å². The Labute approximate surface area is 116 Å². The zero-order chi connectivity index (χ0) is 14.1. The summed E-state index contributed by atoms with van der Waals surface area (Å²) in [5, 5.41) is 10.4. The Morgan fingerprint density at radius 1 is 1.42 bits per heavy atom.